The number of allylic oxidation sites excluding steroid dienone is 4. The van der Waals surface area contributed by atoms with E-state index in [1.807, 2.05) is 12.2 Å². The molecule has 1 aliphatic carbocycles. The van der Waals surface area contributed by atoms with Gasteiger partial charge in [-0.1, -0.05) is 24.3 Å². The average molecular weight is 423 g/mol. The predicted octanol–water partition coefficient (Wildman–Crippen LogP) is 3.70. The Labute approximate surface area is 170 Å². The van der Waals surface area contributed by atoms with E-state index >= 15 is 0 Å². The van der Waals surface area contributed by atoms with Crippen molar-refractivity contribution in [1.82, 2.24) is 4.72 Å². The monoisotopic (exact) mass is 422 g/mol. The molecule has 1 aliphatic rings. The maximum Gasteiger partial charge on any atom is 0.303 e. The molecule has 0 fully saturated rings. The van der Waals surface area contributed by atoms with Crippen LogP contribution in [0.1, 0.15) is 50.5 Å². The molecule has 0 heterocycles. The van der Waals surface area contributed by atoms with E-state index in [9.17, 15) is 23.3 Å². The van der Waals surface area contributed by atoms with Crippen LogP contribution >= 0.6 is 0 Å². The van der Waals surface area contributed by atoms with Gasteiger partial charge in [0.05, 0.1) is 10.7 Å². The van der Waals surface area contributed by atoms with Crippen molar-refractivity contribution in [2.24, 2.45) is 0 Å². The zero-order chi connectivity index (χ0) is 21.3. The topological polar surface area (TPSA) is 127 Å². The number of aliphatic carboxylic acids is 1. The highest BCUT2D eigenvalue weighted by Crippen LogP contribution is 2.27. The lowest BCUT2D eigenvalue weighted by Crippen LogP contribution is -2.26. The molecule has 0 saturated heterocycles. The molecule has 0 aromatic heterocycles. The molecule has 0 amide bonds. The molecule has 2 N–H and O–H groups in total. The Bertz CT molecular complexity index is 905. The number of hydrogen-bond acceptors (Lipinski definition) is 5. The van der Waals surface area contributed by atoms with E-state index in [1.54, 1.807) is 12.1 Å². The Kier molecular flexibility index (Phi) is 8.38. The first-order valence-corrected chi connectivity index (χ1v) is 11.2. The lowest BCUT2D eigenvalue weighted by Gasteiger charge is -2.11. The van der Waals surface area contributed by atoms with Crippen molar-refractivity contribution in [2.75, 3.05) is 5.75 Å². The number of rotatable bonds is 12. The molecule has 0 radical (unpaired) electrons. The van der Waals surface area contributed by atoms with Crippen molar-refractivity contribution in [1.29, 1.82) is 0 Å². The van der Waals surface area contributed by atoms with Crippen LogP contribution in [0.15, 0.2) is 47.7 Å². The molecule has 0 bridgehead atoms. The second-order valence-electron chi connectivity index (χ2n) is 7.00. The summed E-state index contributed by atoms with van der Waals surface area (Å²) >= 11 is 0. The number of nitro benzene ring substituents is 1. The van der Waals surface area contributed by atoms with Gasteiger partial charge in [-0.3, -0.25) is 19.6 Å². The summed E-state index contributed by atoms with van der Waals surface area (Å²) in [6.07, 6.45) is 8.56. The van der Waals surface area contributed by atoms with Crippen LogP contribution in [0.3, 0.4) is 0 Å². The number of hydrogen-bond donors (Lipinski definition) is 2. The summed E-state index contributed by atoms with van der Waals surface area (Å²) in [4.78, 5) is 20.8. The van der Waals surface area contributed by atoms with Crippen molar-refractivity contribution in [3.8, 4) is 0 Å². The first-order valence-electron chi connectivity index (χ1n) is 9.58. The molecule has 2 rings (SSSR count). The molecule has 1 aromatic rings. The van der Waals surface area contributed by atoms with Gasteiger partial charge in [0.25, 0.3) is 5.69 Å². The van der Waals surface area contributed by atoms with Crippen LogP contribution < -0.4 is 4.72 Å². The molecule has 0 saturated carbocycles. The molecule has 9 heteroatoms. The van der Waals surface area contributed by atoms with Gasteiger partial charge in [0, 0.05) is 24.3 Å². The van der Waals surface area contributed by atoms with E-state index in [-0.39, 0.29) is 24.3 Å². The number of aryl methyl sites for hydroxylation is 1. The fourth-order valence-corrected chi connectivity index (χ4v) is 4.41. The highest BCUT2D eigenvalue weighted by Gasteiger charge is 2.19. The van der Waals surface area contributed by atoms with Gasteiger partial charge in [0.1, 0.15) is 0 Å². The lowest BCUT2D eigenvalue weighted by molar-refractivity contribution is -0.384. The molecule has 0 spiro atoms. The van der Waals surface area contributed by atoms with Crippen molar-refractivity contribution < 1.29 is 23.2 Å². The van der Waals surface area contributed by atoms with Crippen molar-refractivity contribution in [3.63, 3.8) is 0 Å². The fraction of sp³-hybridized carbons (Fsp3) is 0.450. The van der Waals surface area contributed by atoms with Crippen molar-refractivity contribution >= 4 is 21.7 Å². The van der Waals surface area contributed by atoms with Crippen LogP contribution in [-0.4, -0.2) is 30.2 Å². The zero-order valence-corrected chi connectivity index (χ0v) is 17.0. The Hall–Kier alpha value is -2.68. The normalized spacial score (nSPS) is 14.5. The third-order valence-electron chi connectivity index (χ3n) is 4.68. The van der Waals surface area contributed by atoms with E-state index in [2.05, 4.69) is 4.72 Å². The SMILES string of the molecule is O=C(O)CCCC=CCC1=C(NS(=O)(=O)CCc2cccc([N+](=O)[O-])c2)CCC1. The molecule has 0 atom stereocenters. The molecule has 0 unspecified atom stereocenters. The number of benzene rings is 1. The summed E-state index contributed by atoms with van der Waals surface area (Å²) in [6.45, 7) is 0. The summed E-state index contributed by atoms with van der Waals surface area (Å²) in [7, 11) is -3.55. The van der Waals surface area contributed by atoms with Crippen molar-refractivity contribution in [2.45, 2.75) is 51.4 Å². The number of nitro groups is 1. The van der Waals surface area contributed by atoms with E-state index in [1.165, 1.54) is 12.1 Å². The van der Waals surface area contributed by atoms with Crippen molar-refractivity contribution in [3.05, 3.63) is 63.4 Å². The summed E-state index contributed by atoms with van der Waals surface area (Å²) in [5, 5.41) is 19.4. The van der Waals surface area contributed by atoms with Crippen LogP contribution in [0.4, 0.5) is 5.69 Å². The number of unbranched alkanes of at least 4 members (excludes halogenated alkanes) is 1. The smallest absolute Gasteiger partial charge is 0.303 e. The van der Waals surface area contributed by atoms with Crippen LogP contribution in [-0.2, 0) is 21.2 Å². The number of nitrogens with zero attached hydrogens (tertiary/aromatic N) is 1. The van der Waals surface area contributed by atoms with Crippen LogP contribution in [0.5, 0.6) is 0 Å². The van der Waals surface area contributed by atoms with E-state index < -0.39 is 20.9 Å². The fourth-order valence-electron chi connectivity index (χ4n) is 3.19. The highest BCUT2D eigenvalue weighted by atomic mass is 32.2. The van der Waals surface area contributed by atoms with Gasteiger partial charge in [-0.25, -0.2) is 8.42 Å². The van der Waals surface area contributed by atoms with E-state index in [0.29, 0.717) is 31.2 Å². The molecule has 0 aliphatic heterocycles. The Balaban J connectivity index is 1.89. The Morgan fingerprint density at radius 3 is 2.79 bits per heavy atom. The number of nitrogens with one attached hydrogen (secondary N) is 1. The quantitative estimate of drug-likeness (QED) is 0.229. The molecule has 1 aromatic carbocycles. The largest absolute Gasteiger partial charge is 0.481 e. The van der Waals surface area contributed by atoms with Gasteiger partial charge >= 0.3 is 5.97 Å². The van der Waals surface area contributed by atoms with Gasteiger partial charge in [0.2, 0.25) is 10.0 Å². The lowest BCUT2D eigenvalue weighted by atomic mass is 10.1. The average Bonchev–Trinajstić information content (AvgIpc) is 3.09. The van der Waals surface area contributed by atoms with Gasteiger partial charge in [-0.15, -0.1) is 0 Å². The minimum Gasteiger partial charge on any atom is -0.481 e. The van der Waals surface area contributed by atoms with Crippen LogP contribution in [0.2, 0.25) is 0 Å². The van der Waals surface area contributed by atoms with Gasteiger partial charge < -0.3 is 5.11 Å². The molecular formula is C20H26N2O6S. The maximum absolute atomic E-state index is 12.5. The molecular weight excluding hydrogens is 396 g/mol. The second-order valence-corrected chi connectivity index (χ2v) is 8.84. The summed E-state index contributed by atoms with van der Waals surface area (Å²) in [6, 6.07) is 6.00. The number of carbonyl (C=O) groups is 1. The molecule has 158 valence electrons. The Morgan fingerprint density at radius 1 is 1.28 bits per heavy atom. The standard InChI is InChI=1S/C20H26N2O6S/c23-20(24)12-4-2-1-3-8-17-9-6-11-19(17)21-29(27,28)14-13-16-7-5-10-18(15-16)22(25)26/h1,3,5,7,10,15,21H,2,4,6,8-9,11-14H2,(H,23,24). The number of carboxylic acids is 1. The third kappa shape index (κ3) is 8.06. The maximum atomic E-state index is 12.5. The second kappa shape index (κ2) is 10.8. The third-order valence-corrected chi connectivity index (χ3v) is 5.98. The van der Waals surface area contributed by atoms with Gasteiger partial charge in [-0.05, 0) is 56.1 Å². The van der Waals surface area contributed by atoms with E-state index in [0.717, 1.165) is 24.1 Å². The minimum atomic E-state index is -3.55. The van der Waals surface area contributed by atoms with Crippen LogP contribution in [0.25, 0.3) is 0 Å². The van der Waals surface area contributed by atoms with Crippen LogP contribution in [0, 0.1) is 10.1 Å². The predicted molar refractivity (Wildman–Crippen MR) is 110 cm³/mol. The van der Waals surface area contributed by atoms with Gasteiger partial charge in [-0.2, -0.15) is 0 Å². The number of non-ortho nitro benzene ring substituents is 1. The minimum absolute atomic E-state index is 0.0520. The number of sulfonamides is 1. The first-order chi connectivity index (χ1) is 13.8. The first kappa shape index (κ1) is 22.6. The Morgan fingerprint density at radius 2 is 2.07 bits per heavy atom. The number of carboxylic acid groups (broad SMARTS) is 1. The van der Waals surface area contributed by atoms with E-state index in [4.69, 9.17) is 5.11 Å². The summed E-state index contributed by atoms with van der Waals surface area (Å²) < 4.78 is 27.6. The summed E-state index contributed by atoms with van der Waals surface area (Å²) in [5.41, 5.74) is 2.34. The molecule has 8 nitrogen and oxygen atoms in total. The molecule has 29 heavy (non-hydrogen) atoms. The zero-order valence-electron chi connectivity index (χ0n) is 16.2. The highest BCUT2D eigenvalue weighted by molar-refractivity contribution is 7.89. The van der Waals surface area contributed by atoms with Gasteiger partial charge in [0.15, 0.2) is 0 Å². The summed E-state index contributed by atoms with van der Waals surface area (Å²) in [5.74, 6) is -0.950.